The van der Waals surface area contributed by atoms with E-state index >= 15 is 0 Å². The molecule has 0 amide bonds. The number of likely N-dealkylation sites (N-methyl/N-ethyl adjacent to an activating group) is 1. The normalized spacial score (nSPS) is 14.2. The first-order valence-corrected chi connectivity index (χ1v) is 22.9. The number of rotatable bonds is 39. The number of allylic oxidation sites excluding steroid dienone is 7. The second kappa shape index (κ2) is 37.2. The number of quaternary nitrogens is 1. The van der Waals surface area contributed by atoms with Crippen LogP contribution in [0.15, 0.2) is 48.8 Å². The number of ether oxygens (including phenoxy) is 2. The van der Waals surface area contributed by atoms with Gasteiger partial charge in [-0.1, -0.05) is 153 Å². The van der Waals surface area contributed by atoms with Crippen LogP contribution in [0.2, 0.25) is 0 Å². The summed E-state index contributed by atoms with van der Waals surface area (Å²) in [5.41, 5.74) is 0. The van der Waals surface area contributed by atoms with E-state index in [0.717, 1.165) is 70.6 Å². The van der Waals surface area contributed by atoms with E-state index in [1.54, 1.807) is 6.26 Å². The number of phosphoric acid groups is 1. The summed E-state index contributed by atoms with van der Waals surface area (Å²) >= 11 is 0. The highest BCUT2D eigenvalue weighted by Crippen LogP contribution is 2.43. The zero-order valence-corrected chi connectivity index (χ0v) is 35.9. The lowest BCUT2D eigenvalue weighted by Crippen LogP contribution is -2.37. The molecule has 8 nitrogen and oxygen atoms in total. The molecular formula is C44H83NO7P+. The van der Waals surface area contributed by atoms with Crippen molar-refractivity contribution in [3.63, 3.8) is 0 Å². The molecule has 0 bridgehead atoms. The van der Waals surface area contributed by atoms with Gasteiger partial charge >= 0.3 is 13.8 Å². The topological polar surface area (TPSA) is 91.3 Å². The maximum Gasteiger partial charge on any atom is 0.472 e. The van der Waals surface area contributed by atoms with Crippen LogP contribution in [0.3, 0.4) is 0 Å². The second-order valence-corrected chi connectivity index (χ2v) is 16.9. The first kappa shape index (κ1) is 51.3. The molecule has 2 atom stereocenters. The van der Waals surface area contributed by atoms with Crippen LogP contribution in [0.25, 0.3) is 0 Å². The van der Waals surface area contributed by atoms with Crippen molar-refractivity contribution in [2.24, 2.45) is 0 Å². The van der Waals surface area contributed by atoms with Crippen molar-refractivity contribution in [2.45, 2.75) is 180 Å². The third-order valence-corrected chi connectivity index (χ3v) is 9.95. The van der Waals surface area contributed by atoms with Crippen LogP contribution in [0.1, 0.15) is 174 Å². The Kier molecular flexibility index (Phi) is 36.0. The van der Waals surface area contributed by atoms with Gasteiger partial charge in [-0.05, 0) is 57.4 Å². The molecule has 0 aromatic carbocycles. The molecule has 0 aromatic rings. The smallest absolute Gasteiger partial charge is 0.472 e. The molecule has 0 aliphatic rings. The highest BCUT2D eigenvalue weighted by molar-refractivity contribution is 7.47. The van der Waals surface area contributed by atoms with Gasteiger partial charge in [0.15, 0.2) is 6.10 Å². The molecule has 0 saturated heterocycles. The molecule has 0 fully saturated rings. The minimum absolute atomic E-state index is 0.0407. The molecule has 0 heterocycles. The molecule has 0 aromatic heterocycles. The summed E-state index contributed by atoms with van der Waals surface area (Å²) in [5, 5.41) is 0. The fraction of sp³-hybridized carbons (Fsp3) is 0.795. The standard InChI is InChI=1S/C44H82NO7P/c1-6-8-10-12-14-16-18-20-22-24-26-28-30-32-34-36-39-49-41-43(42-51-53(47,48)50-40-38-45(3,4)5)52-44(46)37-35-33-31-29-27-25-23-21-19-17-15-13-11-9-7-2/h9,11,15,17,21,23,36,39,43H,6-8,10,12-14,16,18-20,22,24-35,37-38,40-42H2,1-5H3/p+1/b11-9+,17-15+,23-21+,39-36+/t43-/m1/s1. The molecule has 310 valence electrons. The van der Waals surface area contributed by atoms with E-state index in [9.17, 15) is 14.3 Å². The zero-order valence-electron chi connectivity index (χ0n) is 35.0. The van der Waals surface area contributed by atoms with Crippen LogP contribution in [0.5, 0.6) is 0 Å². The van der Waals surface area contributed by atoms with Crippen molar-refractivity contribution in [1.29, 1.82) is 0 Å². The zero-order chi connectivity index (χ0) is 39.1. The molecule has 1 unspecified atom stereocenters. The number of phosphoric ester groups is 1. The molecule has 53 heavy (non-hydrogen) atoms. The first-order chi connectivity index (χ1) is 25.6. The number of hydrogen-bond acceptors (Lipinski definition) is 6. The average Bonchev–Trinajstić information content (AvgIpc) is 3.11. The first-order valence-electron chi connectivity index (χ1n) is 21.4. The van der Waals surface area contributed by atoms with Crippen LogP contribution in [-0.2, 0) is 27.9 Å². The Morgan fingerprint density at radius 1 is 0.623 bits per heavy atom. The predicted molar refractivity (Wildman–Crippen MR) is 224 cm³/mol. The number of carbonyl (C=O) groups is 1. The summed E-state index contributed by atoms with van der Waals surface area (Å²) in [7, 11) is 1.62. The molecule has 0 aliphatic carbocycles. The Labute approximate surface area is 327 Å². The fourth-order valence-corrected chi connectivity index (χ4v) is 6.39. The Morgan fingerprint density at radius 2 is 1.11 bits per heavy atom. The Bertz CT molecular complexity index is 989. The SMILES string of the molecule is CC/C=C/C/C=C/C/C=C/CCCCCCCC(=O)O[C@H](CO/C=C/CCCCCCCCCCCCCCCC)COP(=O)(O)OCC[N+](C)(C)C. The molecule has 0 rings (SSSR count). The molecule has 0 saturated carbocycles. The molecule has 0 radical (unpaired) electrons. The lowest BCUT2D eigenvalue weighted by molar-refractivity contribution is -0.870. The van der Waals surface area contributed by atoms with Crippen molar-refractivity contribution in [2.75, 3.05) is 47.5 Å². The van der Waals surface area contributed by atoms with Gasteiger partial charge in [0.1, 0.15) is 19.8 Å². The van der Waals surface area contributed by atoms with Crippen LogP contribution >= 0.6 is 7.82 Å². The van der Waals surface area contributed by atoms with Crippen molar-refractivity contribution in [3.05, 3.63) is 48.8 Å². The third kappa shape index (κ3) is 41.3. The van der Waals surface area contributed by atoms with Crippen LogP contribution in [0, 0.1) is 0 Å². The summed E-state index contributed by atoms with van der Waals surface area (Å²) in [6, 6.07) is 0. The lowest BCUT2D eigenvalue weighted by atomic mass is 10.0. The minimum atomic E-state index is -4.29. The number of esters is 1. The van der Waals surface area contributed by atoms with Gasteiger partial charge in [-0.15, -0.1) is 0 Å². The van der Waals surface area contributed by atoms with Gasteiger partial charge in [0, 0.05) is 6.42 Å². The summed E-state index contributed by atoms with van der Waals surface area (Å²) in [4.78, 5) is 22.8. The highest BCUT2D eigenvalue weighted by Gasteiger charge is 2.26. The molecule has 0 aliphatic heterocycles. The van der Waals surface area contributed by atoms with Crippen molar-refractivity contribution in [1.82, 2.24) is 0 Å². The summed E-state index contributed by atoms with van der Waals surface area (Å²) in [6.45, 7) is 4.80. The van der Waals surface area contributed by atoms with Gasteiger partial charge in [0.05, 0.1) is 34.0 Å². The second-order valence-electron chi connectivity index (χ2n) is 15.4. The van der Waals surface area contributed by atoms with Crippen molar-refractivity contribution in [3.8, 4) is 0 Å². The highest BCUT2D eigenvalue weighted by atomic mass is 31.2. The lowest BCUT2D eigenvalue weighted by Gasteiger charge is -2.24. The number of unbranched alkanes of at least 4 members (excludes halogenated alkanes) is 19. The van der Waals surface area contributed by atoms with Gasteiger partial charge < -0.3 is 18.9 Å². The van der Waals surface area contributed by atoms with Gasteiger partial charge in [-0.2, -0.15) is 0 Å². The van der Waals surface area contributed by atoms with E-state index in [1.807, 2.05) is 27.2 Å². The van der Waals surface area contributed by atoms with E-state index in [2.05, 4.69) is 50.3 Å². The fourth-order valence-electron chi connectivity index (χ4n) is 5.65. The van der Waals surface area contributed by atoms with E-state index in [4.69, 9.17) is 18.5 Å². The monoisotopic (exact) mass is 769 g/mol. The van der Waals surface area contributed by atoms with Gasteiger partial charge in [-0.3, -0.25) is 13.8 Å². The van der Waals surface area contributed by atoms with E-state index in [-0.39, 0.29) is 25.8 Å². The number of hydrogen-bond donors (Lipinski definition) is 1. The van der Waals surface area contributed by atoms with Gasteiger partial charge in [0.2, 0.25) is 0 Å². The largest absolute Gasteiger partial charge is 0.498 e. The Morgan fingerprint density at radius 3 is 1.66 bits per heavy atom. The molecule has 0 spiro atoms. The van der Waals surface area contributed by atoms with E-state index < -0.39 is 13.9 Å². The number of carbonyl (C=O) groups excluding carboxylic acids is 1. The molecule has 9 heteroatoms. The van der Waals surface area contributed by atoms with Gasteiger partial charge in [0.25, 0.3) is 0 Å². The maximum atomic E-state index is 12.7. The van der Waals surface area contributed by atoms with E-state index in [1.165, 1.54) is 83.5 Å². The minimum Gasteiger partial charge on any atom is -0.498 e. The average molecular weight is 769 g/mol. The summed E-state index contributed by atoms with van der Waals surface area (Å²) in [5.74, 6) is -0.353. The molecule has 1 N–H and O–H groups in total. The molecular weight excluding hydrogens is 685 g/mol. The maximum absolute atomic E-state index is 12.7. The van der Waals surface area contributed by atoms with Crippen LogP contribution < -0.4 is 0 Å². The van der Waals surface area contributed by atoms with Crippen LogP contribution in [-0.4, -0.2) is 69.0 Å². The van der Waals surface area contributed by atoms with Crippen molar-refractivity contribution < 1.29 is 37.3 Å². The van der Waals surface area contributed by atoms with Crippen molar-refractivity contribution >= 4 is 13.8 Å². The summed E-state index contributed by atoms with van der Waals surface area (Å²) in [6.07, 6.45) is 45.2. The van der Waals surface area contributed by atoms with Gasteiger partial charge in [-0.25, -0.2) is 4.57 Å². The Balaban J connectivity index is 4.33. The predicted octanol–water partition coefficient (Wildman–Crippen LogP) is 12.7. The van der Waals surface area contributed by atoms with E-state index in [0.29, 0.717) is 17.4 Å². The number of nitrogens with zero attached hydrogens (tertiary/aromatic N) is 1. The third-order valence-electron chi connectivity index (χ3n) is 8.97. The van der Waals surface area contributed by atoms with Crippen LogP contribution in [0.4, 0.5) is 0 Å². The Hall–Kier alpha value is -1.70. The summed E-state index contributed by atoms with van der Waals surface area (Å²) < 4.78 is 34.7. The quantitative estimate of drug-likeness (QED) is 0.0166.